The molecule has 0 saturated carbocycles. The molecule has 0 heterocycles. The number of hydrogen-bond donors (Lipinski definition) is 2. The van der Waals surface area contributed by atoms with Gasteiger partial charge in [-0.2, -0.15) is 0 Å². The highest BCUT2D eigenvalue weighted by molar-refractivity contribution is 6.32. The standard InChI is InChI=1S/C26H20Cl2F2N2O2/c27-21-6-2-8-23(29)19(21)10-12-25(33)31-15-17-4-1-5-18(14-17)16-32-26(34)13-11-20-22(28)7-3-9-24(20)30/h1-14H,15-16H2,(H,31,33)(H,32,34)/b12-10+,13-11+. The minimum absolute atomic E-state index is 0.142. The van der Waals surface area contributed by atoms with E-state index in [0.717, 1.165) is 11.1 Å². The number of hydrogen-bond acceptors (Lipinski definition) is 2. The number of amides is 2. The highest BCUT2D eigenvalue weighted by Gasteiger charge is 2.06. The highest BCUT2D eigenvalue weighted by atomic mass is 35.5. The highest BCUT2D eigenvalue weighted by Crippen LogP contribution is 2.21. The zero-order valence-corrected chi connectivity index (χ0v) is 19.3. The van der Waals surface area contributed by atoms with Gasteiger partial charge in [0.1, 0.15) is 11.6 Å². The minimum Gasteiger partial charge on any atom is -0.348 e. The van der Waals surface area contributed by atoms with Crippen molar-refractivity contribution in [2.24, 2.45) is 0 Å². The van der Waals surface area contributed by atoms with Gasteiger partial charge in [0.15, 0.2) is 0 Å². The van der Waals surface area contributed by atoms with Crippen molar-refractivity contribution >= 4 is 47.2 Å². The second-order valence-corrected chi connectivity index (χ2v) is 8.01. The van der Waals surface area contributed by atoms with Gasteiger partial charge in [-0.05, 0) is 47.5 Å². The van der Waals surface area contributed by atoms with Gasteiger partial charge in [0.2, 0.25) is 11.8 Å². The van der Waals surface area contributed by atoms with Crippen molar-refractivity contribution in [2.75, 3.05) is 0 Å². The fourth-order valence-corrected chi connectivity index (χ4v) is 3.46. The van der Waals surface area contributed by atoms with Crippen LogP contribution in [0.1, 0.15) is 22.3 Å². The first-order valence-electron chi connectivity index (χ1n) is 10.2. The van der Waals surface area contributed by atoms with Gasteiger partial charge in [0.05, 0.1) is 10.0 Å². The molecule has 2 N–H and O–H groups in total. The van der Waals surface area contributed by atoms with Gasteiger partial charge in [0.25, 0.3) is 0 Å². The number of rotatable bonds is 8. The zero-order chi connectivity index (χ0) is 24.5. The minimum atomic E-state index is -0.516. The van der Waals surface area contributed by atoms with Gasteiger partial charge < -0.3 is 10.6 Å². The Hall–Kier alpha value is -3.48. The van der Waals surface area contributed by atoms with E-state index >= 15 is 0 Å². The maximum atomic E-state index is 13.8. The summed E-state index contributed by atoms with van der Waals surface area (Å²) < 4.78 is 27.5. The molecule has 0 fully saturated rings. The molecule has 0 spiro atoms. The topological polar surface area (TPSA) is 58.2 Å². The Kier molecular flexibility index (Phi) is 8.96. The van der Waals surface area contributed by atoms with Crippen LogP contribution in [0.3, 0.4) is 0 Å². The van der Waals surface area contributed by atoms with Gasteiger partial charge in [-0.25, -0.2) is 8.78 Å². The summed E-state index contributed by atoms with van der Waals surface area (Å²) in [5, 5.41) is 5.85. The molecule has 0 aromatic heterocycles. The van der Waals surface area contributed by atoms with Gasteiger partial charge in [-0.3, -0.25) is 9.59 Å². The van der Waals surface area contributed by atoms with Gasteiger partial charge in [0, 0.05) is 36.4 Å². The monoisotopic (exact) mass is 500 g/mol. The molecule has 2 amide bonds. The molecule has 174 valence electrons. The third kappa shape index (κ3) is 7.27. The summed E-state index contributed by atoms with van der Waals surface area (Å²) in [7, 11) is 0. The third-order valence-corrected chi connectivity index (χ3v) is 5.39. The van der Waals surface area contributed by atoms with Crippen molar-refractivity contribution in [3.8, 4) is 0 Å². The van der Waals surface area contributed by atoms with Crippen LogP contribution in [0.5, 0.6) is 0 Å². The van der Waals surface area contributed by atoms with E-state index in [0.29, 0.717) is 0 Å². The number of nitrogens with one attached hydrogen (secondary N) is 2. The Morgan fingerprint density at radius 1 is 0.706 bits per heavy atom. The predicted octanol–water partition coefficient (Wildman–Crippen LogP) is 5.93. The van der Waals surface area contributed by atoms with Crippen molar-refractivity contribution in [2.45, 2.75) is 13.1 Å². The van der Waals surface area contributed by atoms with Crippen LogP contribution < -0.4 is 10.6 Å². The van der Waals surface area contributed by atoms with Crippen molar-refractivity contribution < 1.29 is 18.4 Å². The second kappa shape index (κ2) is 12.1. The van der Waals surface area contributed by atoms with Crippen molar-refractivity contribution in [3.05, 3.63) is 117 Å². The van der Waals surface area contributed by atoms with Gasteiger partial charge in [-0.1, -0.05) is 59.6 Å². The number of carbonyl (C=O) groups excluding carboxylic acids is 2. The first-order chi connectivity index (χ1) is 16.3. The molecule has 3 aromatic carbocycles. The Bertz CT molecular complexity index is 1130. The largest absolute Gasteiger partial charge is 0.348 e. The summed E-state index contributed by atoms with van der Waals surface area (Å²) in [5.74, 6) is -1.85. The maximum Gasteiger partial charge on any atom is 0.244 e. The molecule has 0 atom stereocenters. The maximum absolute atomic E-state index is 13.8. The van der Waals surface area contributed by atoms with E-state index in [1.807, 2.05) is 18.2 Å². The molecule has 3 aromatic rings. The average Bonchev–Trinajstić information content (AvgIpc) is 2.81. The summed E-state index contributed by atoms with van der Waals surface area (Å²) in [6.45, 7) is 0.475. The molecular formula is C26H20Cl2F2N2O2. The van der Waals surface area contributed by atoms with Crippen LogP contribution in [0.2, 0.25) is 10.0 Å². The lowest BCUT2D eigenvalue weighted by Gasteiger charge is -2.07. The summed E-state index contributed by atoms with van der Waals surface area (Å²) in [6, 6.07) is 15.8. The van der Waals surface area contributed by atoms with E-state index in [9.17, 15) is 18.4 Å². The summed E-state index contributed by atoms with van der Waals surface area (Å²) in [4.78, 5) is 24.2. The predicted molar refractivity (Wildman–Crippen MR) is 131 cm³/mol. The SMILES string of the molecule is O=C(/C=C/c1c(F)cccc1Cl)NCc1cccc(CNC(=O)/C=C/c2c(F)cccc2Cl)c1. The molecule has 8 heteroatoms. The molecule has 34 heavy (non-hydrogen) atoms. The lowest BCUT2D eigenvalue weighted by Crippen LogP contribution is -2.21. The molecule has 4 nitrogen and oxygen atoms in total. The average molecular weight is 501 g/mol. The molecule has 0 aliphatic carbocycles. The van der Waals surface area contributed by atoms with E-state index in [4.69, 9.17) is 23.2 Å². The molecule has 0 radical (unpaired) electrons. The van der Waals surface area contributed by atoms with Crippen molar-refractivity contribution in [3.63, 3.8) is 0 Å². The normalized spacial score (nSPS) is 11.2. The Morgan fingerprint density at radius 3 is 1.53 bits per heavy atom. The quantitative estimate of drug-likeness (QED) is 0.376. The van der Waals surface area contributed by atoms with E-state index in [2.05, 4.69) is 10.6 Å². The molecule has 0 unspecified atom stereocenters. The van der Waals surface area contributed by atoms with Crippen molar-refractivity contribution in [1.29, 1.82) is 0 Å². The third-order valence-electron chi connectivity index (χ3n) is 4.73. The fraction of sp³-hybridized carbons (Fsp3) is 0.0769. The first kappa shape index (κ1) is 25.1. The van der Waals surface area contributed by atoms with Crippen LogP contribution in [0.4, 0.5) is 8.78 Å². The van der Waals surface area contributed by atoms with E-state index < -0.39 is 23.4 Å². The van der Waals surface area contributed by atoms with Crippen LogP contribution in [0, 0.1) is 11.6 Å². The first-order valence-corrected chi connectivity index (χ1v) is 11.0. The number of carbonyl (C=O) groups is 2. The zero-order valence-electron chi connectivity index (χ0n) is 17.8. The Morgan fingerprint density at radius 2 is 1.12 bits per heavy atom. The Labute approximate surface area is 205 Å². The molecular weight excluding hydrogens is 481 g/mol. The number of benzene rings is 3. The summed E-state index contributed by atoms with van der Waals surface area (Å²) >= 11 is 11.9. The van der Waals surface area contributed by atoms with Crippen LogP contribution in [-0.2, 0) is 22.7 Å². The lowest BCUT2D eigenvalue weighted by molar-refractivity contribution is -0.117. The van der Waals surface area contributed by atoms with Gasteiger partial charge in [-0.15, -0.1) is 0 Å². The van der Waals surface area contributed by atoms with Crippen LogP contribution in [0.15, 0.2) is 72.8 Å². The van der Waals surface area contributed by atoms with Crippen LogP contribution in [-0.4, -0.2) is 11.8 Å². The fourth-order valence-electron chi connectivity index (χ4n) is 3.00. The summed E-state index contributed by atoms with van der Waals surface area (Å²) in [5.41, 5.74) is 1.91. The number of halogens is 4. The van der Waals surface area contributed by atoms with E-state index in [1.54, 1.807) is 6.07 Å². The molecule has 0 bridgehead atoms. The molecule has 0 aliphatic heterocycles. The second-order valence-electron chi connectivity index (χ2n) is 7.19. The Balaban J connectivity index is 1.51. The summed E-state index contributed by atoms with van der Waals surface area (Å²) in [6.07, 6.45) is 5.06. The molecule has 0 aliphatic rings. The van der Waals surface area contributed by atoms with E-state index in [-0.39, 0.29) is 34.3 Å². The molecule has 0 saturated heterocycles. The van der Waals surface area contributed by atoms with Gasteiger partial charge >= 0.3 is 0 Å². The van der Waals surface area contributed by atoms with Crippen LogP contribution in [0.25, 0.3) is 12.2 Å². The smallest absolute Gasteiger partial charge is 0.244 e. The van der Waals surface area contributed by atoms with Crippen LogP contribution >= 0.6 is 23.2 Å². The lowest BCUT2D eigenvalue weighted by atomic mass is 10.1. The molecule has 3 rings (SSSR count). The van der Waals surface area contributed by atoms with Crippen molar-refractivity contribution in [1.82, 2.24) is 10.6 Å². The van der Waals surface area contributed by atoms with E-state index in [1.165, 1.54) is 60.7 Å².